The molecule has 4 nitrogen and oxygen atoms in total. The van der Waals surface area contributed by atoms with Crippen LogP contribution in [0.2, 0.25) is 0 Å². The van der Waals surface area contributed by atoms with E-state index in [0.717, 1.165) is 49.6 Å². The minimum atomic E-state index is 0.596. The van der Waals surface area contributed by atoms with Gasteiger partial charge in [0.2, 0.25) is 0 Å². The van der Waals surface area contributed by atoms with Gasteiger partial charge in [-0.1, -0.05) is 13.8 Å². The second-order valence-electron chi connectivity index (χ2n) is 4.64. The summed E-state index contributed by atoms with van der Waals surface area (Å²) in [6.07, 6.45) is 2.18. The molecule has 0 aliphatic rings. The molecule has 0 unspecified atom stereocenters. The van der Waals surface area contributed by atoms with Gasteiger partial charge in [0, 0.05) is 12.2 Å². The normalized spacial score (nSPS) is 11.1. The van der Waals surface area contributed by atoms with Gasteiger partial charge >= 0.3 is 0 Å². The van der Waals surface area contributed by atoms with E-state index in [1.165, 1.54) is 0 Å². The molecule has 0 saturated carbocycles. The Morgan fingerprint density at radius 1 is 1.11 bits per heavy atom. The maximum atomic E-state index is 5.68. The topological polar surface area (TPSA) is 43.6 Å². The van der Waals surface area contributed by atoms with Gasteiger partial charge in [-0.15, -0.1) is 0 Å². The standard InChI is InChI=1S/C15H27NO3/c1-4-6-16-11-15-10-14(13(3)19-15)12-18-9-8-17-7-5-2/h10,16H,4-9,11-12H2,1-3H3. The summed E-state index contributed by atoms with van der Waals surface area (Å²) in [4.78, 5) is 0. The molecule has 0 spiro atoms. The van der Waals surface area contributed by atoms with Crippen LogP contribution in [0.4, 0.5) is 0 Å². The fourth-order valence-electron chi connectivity index (χ4n) is 1.75. The lowest BCUT2D eigenvalue weighted by Crippen LogP contribution is -2.13. The first-order valence-corrected chi connectivity index (χ1v) is 7.22. The molecule has 0 atom stereocenters. The molecule has 0 aromatic carbocycles. The largest absolute Gasteiger partial charge is 0.465 e. The lowest BCUT2D eigenvalue weighted by atomic mass is 10.2. The van der Waals surface area contributed by atoms with Crippen molar-refractivity contribution in [1.29, 1.82) is 0 Å². The second-order valence-corrected chi connectivity index (χ2v) is 4.64. The van der Waals surface area contributed by atoms with Crippen molar-refractivity contribution in [2.75, 3.05) is 26.4 Å². The summed E-state index contributed by atoms with van der Waals surface area (Å²) in [5.41, 5.74) is 1.13. The Balaban J connectivity index is 2.21. The summed E-state index contributed by atoms with van der Waals surface area (Å²) in [6, 6.07) is 2.07. The van der Waals surface area contributed by atoms with Gasteiger partial charge in [-0.05, 0) is 32.4 Å². The van der Waals surface area contributed by atoms with Crippen molar-refractivity contribution in [3.8, 4) is 0 Å². The molecule has 0 radical (unpaired) electrons. The zero-order chi connectivity index (χ0) is 13.9. The highest BCUT2D eigenvalue weighted by Gasteiger charge is 2.07. The van der Waals surface area contributed by atoms with Crippen LogP contribution >= 0.6 is 0 Å². The van der Waals surface area contributed by atoms with Crippen LogP contribution < -0.4 is 5.32 Å². The second kappa shape index (κ2) is 10.0. The minimum Gasteiger partial charge on any atom is -0.465 e. The van der Waals surface area contributed by atoms with Crippen molar-refractivity contribution in [3.63, 3.8) is 0 Å². The summed E-state index contributed by atoms with van der Waals surface area (Å²) in [5, 5.41) is 3.33. The quantitative estimate of drug-likeness (QED) is 0.627. The number of ether oxygens (including phenoxy) is 2. The zero-order valence-electron chi connectivity index (χ0n) is 12.5. The average molecular weight is 269 g/mol. The SMILES string of the molecule is CCCNCc1cc(COCCOCCC)c(C)o1. The van der Waals surface area contributed by atoms with Crippen LogP contribution in [0.1, 0.15) is 43.8 Å². The van der Waals surface area contributed by atoms with E-state index in [-0.39, 0.29) is 0 Å². The first-order chi connectivity index (χ1) is 9.27. The number of furan rings is 1. The molecule has 1 aromatic heterocycles. The summed E-state index contributed by atoms with van der Waals surface area (Å²) in [7, 11) is 0. The molecule has 0 amide bonds. The van der Waals surface area contributed by atoms with Gasteiger partial charge in [0.15, 0.2) is 0 Å². The van der Waals surface area contributed by atoms with E-state index in [1.54, 1.807) is 0 Å². The molecule has 1 rings (SSSR count). The van der Waals surface area contributed by atoms with Crippen LogP contribution in [0.25, 0.3) is 0 Å². The summed E-state index contributed by atoms with van der Waals surface area (Å²) < 4.78 is 16.6. The molecular formula is C15H27NO3. The smallest absolute Gasteiger partial charge is 0.118 e. The maximum Gasteiger partial charge on any atom is 0.118 e. The van der Waals surface area contributed by atoms with E-state index >= 15 is 0 Å². The summed E-state index contributed by atoms with van der Waals surface area (Å²) in [6.45, 7) is 10.7. The third-order valence-corrected chi connectivity index (χ3v) is 2.78. The molecule has 19 heavy (non-hydrogen) atoms. The molecular weight excluding hydrogens is 242 g/mol. The van der Waals surface area contributed by atoms with Crippen molar-refractivity contribution in [3.05, 3.63) is 23.2 Å². The number of nitrogens with one attached hydrogen (secondary N) is 1. The van der Waals surface area contributed by atoms with E-state index in [1.807, 2.05) is 6.92 Å². The minimum absolute atomic E-state index is 0.596. The van der Waals surface area contributed by atoms with Crippen LogP contribution in [0, 0.1) is 6.92 Å². The molecule has 0 aliphatic carbocycles. The van der Waals surface area contributed by atoms with Crippen LogP contribution in [-0.2, 0) is 22.6 Å². The highest BCUT2D eigenvalue weighted by atomic mass is 16.5. The fourth-order valence-corrected chi connectivity index (χ4v) is 1.75. The van der Waals surface area contributed by atoms with E-state index in [4.69, 9.17) is 13.9 Å². The lowest BCUT2D eigenvalue weighted by Gasteiger charge is -2.03. The molecule has 0 bridgehead atoms. The van der Waals surface area contributed by atoms with E-state index < -0.39 is 0 Å². The molecule has 110 valence electrons. The molecule has 1 heterocycles. The molecule has 0 saturated heterocycles. The summed E-state index contributed by atoms with van der Waals surface area (Å²) >= 11 is 0. The number of aryl methyl sites for hydroxylation is 1. The molecule has 1 N–H and O–H groups in total. The predicted molar refractivity (Wildman–Crippen MR) is 76.2 cm³/mol. The Bertz CT molecular complexity index is 336. The van der Waals surface area contributed by atoms with Gasteiger partial charge < -0.3 is 19.2 Å². The van der Waals surface area contributed by atoms with E-state index in [2.05, 4.69) is 25.2 Å². The highest BCUT2D eigenvalue weighted by molar-refractivity contribution is 5.19. The Labute approximate surface area is 116 Å². The Morgan fingerprint density at radius 3 is 2.63 bits per heavy atom. The van der Waals surface area contributed by atoms with Crippen molar-refractivity contribution in [1.82, 2.24) is 5.32 Å². The Morgan fingerprint density at radius 2 is 1.89 bits per heavy atom. The number of hydrogen-bond donors (Lipinski definition) is 1. The molecule has 0 fully saturated rings. The third-order valence-electron chi connectivity index (χ3n) is 2.78. The van der Waals surface area contributed by atoms with Crippen molar-refractivity contribution in [2.45, 2.75) is 46.8 Å². The zero-order valence-corrected chi connectivity index (χ0v) is 12.5. The van der Waals surface area contributed by atoms with Crippen LogP contribution in [0.3, 0.4) is 0 Å². The van der Waals surface area contributed by atoms with Crippen LogP contribution in [0.15, 0.2) is 10.5 Å². The van der Waals surface area contributed by atoms with Crippen molar-refractivity contribution < 1.29 is 13.9 Å². The number of hydrogen-bond acceptors (Lipinski definition) is 4. The predicted octanol–water partition coefficient (Wildman–Crippen LogP) is 3.03. The van der Waals surface area contributed by atoms with Gasteiger partial charge in [-0.25, -0.2) is 0 Å². The lowest BCUT2D eigenvalue weighted by molar-refractivity contribution is 0.0405. The average Bonchev–Trinajstić information content (AvgIpc) is 2.75. The van der Waals surface area contributed by atoms with Crippen molar-refractivity contribution in [2.24, 2.45) is 0 Å². The van der Waals surface area contributed by atoms with Gasteiger partial charge in [0.25, 0.3) is 0 Å². The van der Waals surface area contributed by atoms with E-state index in [9.17, 15) is 0 Å². The maximum absolute atomic E-state index is 5.68. The fraction of sp³-hybridized carbons (Fsp3) is 0.733. The Hall–Kier alpha value is -0.840. The van der Waals surface area contributed by atoms with Gasteiger partial charge in [-0.2, -0.15) is 0 Å². The first-order valence-electron chi connectivity index (χ1n) is 7.22. The molecule has 1 aromatic rings. The first kappa shape index (κ1) is 16.2. The van der Waals surface area contributed by atoms with Crippen LogP contribution in [-0.4, -0.2) is 26.4 Å². The third kappa shape index (κ3) is 6.76. The molecule has 4 heteroatoms. The van der Waals surface area contributed by atoms with Crippen molar-refractivity contribution >= 4 is 0 Å². The van der Waals surface area contributed by atoms with Crippen LogP contribution in [0.5, 0.6) is 0 Å². The monoisotopic (exact) mass is 269 g/mol. The van der Waals surface area contributed by atoms with Gasteiger partial charge in [0.05, 0.1) is 26.4 Å². The van der Waals surface area contributed by atoms with Gasteiger partial charge in [0.1, 0.15) is 11.5 Å². The number of rotatable bonds is 11. The van der Waals surface area contributed by atoms with E-state index in [0.29, 0.717) is 19.8 Å². The molecule has 0 aliphatic heterocycles. The van der Waals surface area contributed by atoms with Gasteiger partial charge in [-0.3, -0.25) is 0 Å². The highest BCUT2D eigenvalue weighted by Crippen LogP contribution is 2.15. The Kier molecular flexibility index (Phi) is 8.54. The summed E-state index contributed by atoms with van der Waals surface area (Å²) in [5.74, 6) is 1.93.